The Labute approximate surface area is 164 Å². The number of aliphatic carboxylic acids is 1. The van der Waals surface area contributed by atoms with Crippen LogP contribution in [0.15, 0.2) is 42.6 Å². The van der Waals surface area contributed by atoms with E-state index in [0.29, 0.717) is 6.61 Å². The second-order valence-corrected chi connectivity index (χ2v) is 7.33. The third kappa shape index (κ3) is 3.96. The van der Waals surface area contributed by atoms with Crippen LogP contribution in [-0.4, -0.2) is 33.8 Å². The van der Waals surface area contributed by atoms with Gasteiger partial charge in [-0.15, -0.1) is 0 Å². The summed E-state index contributed by atoms with van der Waals surface area (Å²) in [6, 6.07) is 12.1. The van der Waals surface area contributed by atoms with Crippen LogP contribution < -0.4 is 10.1 Å². The number of aryl methyl sites for hydroxylation is 1. The molecular weight excluding hydrogens is 354 g/mol. The molecule has 0 spiro atoms. The first-order chi connectivity index (χ1) is 13.6. The maximum Gasteiger partial charge on any atom is 0.305 e. The van der Waals surface area contributed by atoms with Crippen LogP contribution in [0.25, 0.3) is 10.9 Å². The molecule has 6 heteroatoms. The number of aromatic nitrogens is 2. The van der Waals surface area contributed by atoms with E-state index >= 15 is 0 Å². The van der Waals surface area contributed by atoms with Crippen molar-refractivity contribution in [1.29, 1.82) is 0 Å². The van der Waals surface area contributed by atoms with Gasteiger partial charge in [0.2, 0.25) is 0 Å². The monoisotopic (exact) mass is 379 g/mol. The molecule has 4 rings (SSSR count). The van der Waals surface area contributed by atoms with Crippen LogP contribution in [0.1, 0.15) is 37.1 Å². The smallest absolute Gasteiger partial charge is 0.305 e. The molecule has 0 saturated heterocycles. The SMILES string of the molecule is CC(CC(=O)O)n1ccc2cc(OCCc3ccc4c(n3)NCCC4)ccc21. The molecule has 0 radical (unpaired) electrons. The summed E-state index contributed by atoms with van der Waals surface area (Å²) in [6.07, 6.45) is 5.05. The van der Waals surface area contributed by atoms with Gasteiger partial charge in [-0.2, -0.15) is 0 Å². The number of nitrogens with zero attached hydrogens (tertiary/aromatic N) is 2. The zero-order valence-corrected chi connectivity index (χ0v) is 16.0. The minimum Gasteiger partial charge on any atom is -0.493 e. The number of nitrogens with one attached hydrogen (secondary N) is 1. The molecule has 0 fully saturated rings. The normalized spacial score (nSPS) is 14.3. The van der Waals surface area contributed by atoms with Crippen LogP contribution in [-0.2, 0) is 17.6 Å². The van der Waals surface area contributed by atoms with Crippen molar-refractivity contribution >= 4 is 22.7 Å². The lowest BCUT2D eigenvalue weighted by Crippen LogP contribution is -2.14. The van der Waals surface area contributed by atoms with E-state index in [-0.39, 0.29) is 12.5 Å². The summed E-state index contributed by atoms with van der Waals surface area (Å²) < 4.78 is 7.93. The van der Waals surface area contributed by atoms with E-state index in [1.807, 2.05) is 42.0 Å². The molecule has 3 heterocycles. The third-order valence-electron chi connectivity index (χ3n) is 5.22. The van der Waals surface area contributed by atoms with Gasteiger partial charge in [0.05, 0.1) is 13.0 Å². The number of carboxylic acids is 1. The average molecular weight is 379 g/mol. The molecule has 0 bridgehead atoms. The summed E-state index contributed by atoms with van der Waals surface area (Å²) in [5, 5.41) is 13.4. The Morgan fingerprint density at radius 1 is 1.32 bits per heavy atom. The van der Waals surface area contributed by atoms with Gasteiger partial charge < -0.3 is 19.7 Å². The van der Waals surface area contributed by atoms with E-state index in [2.05, 4.69) is 17.4 Å². The minimum atomic E-state index is -0.791. The molecule has 0 amide bonds. The molecule has 0 aliphatic carbocycles. The van der Waals surface area contributed by atoms with Gasteiger partial charge in [0.25, 0.3) is 0 Å². The lowest BCUT2D eigenvalue weighted by molar-refractivity contribution is -0.137. The quantitative estimate of drug-likeness (QED) is 0.648. The van der Waals surface area contributed by atoms with Crippen molar-refractivity contribution in [3.63, 3.8) is 0 Å². The number of rotatable bonds is 7. The fourth-order valence-corrected chi connectivity index (χ4v) is 3.75. The Hall–Kier alpha value is -3.02. The zero-order chi connectivity index (χ0) is 19.5. The van der Waals surface area contributed by atoms with Gasteiger partial charge in [-0.1, -0.05) is 6.07 Å². The third-order valence-corrected chi connectivity index (χ3v) is 5.22. The van der Waals surface area contributed by atoms with Gasteiger partial charge in [0, 0.05) is 41.8 Å². The van der Waals surface area contributed by atoms with Crippen molar-refractivity contribution in [2.24, 2.45) is 0 Å². The van der Waals surface area contributed by atoms with Crippen molar-refractivity contribution in [3.05, 3.63) is 53.9 Å². The summed E-state index contributed by atoms with van der Waals surface area (Å²) >= 11 is 0. The predicted octanol–water partition coefficient (Wildman–Crippen LogP) is 4.05. The second kappa shape index (κ2) is 7.92. The molecule has 2 N–H and O–H groups in total. The van der Waals surface area contributed by atoms with Crippen molar-refractivity contribution in [3.8, 4) is 5.75 Å². The molecule has 1 unspecified atom stereocenters. The fraction of sp³-hybridized carbons (Fsp3) is 0.364. The van der Waals surface area contributed by atoms with Gasteiger partial charge in [0.15, 0.2) is 0 Å². The lowest BCUT2D eigenvalue weighted by Gasteiger charge is -2.17. The lowest BCUT2D eigenvalue weighted by atomic mass is 10.1. The summed E-state index contributed by atoms with van der Waals surface area (Å²) in [5.41, 5.74) is 3.34. The molecule has 1 atom stereocenters. The Morgan fingerprint density at radius 3 is 3.07 bits per heavy atom. The Kier molecular flexibility index (Phi) is 5.19. The number of anilines is 1. The van der Waals surface area contributed by atoms with Crippen molar-refractivity contribution in [2.75, 3.05) is 18.5 Å². The van der Waals surface area contributed by atoms with Crippen molar-refractivity contribution in [2.45, 2.75) is 38.6 Å². The van der Waals surface area contributed by atoms with Crippen LogP contribution in [0.3, 0.4) is 0 Å². The molecule has 0 saturated carbocycles. The van der Waals surface area contributed by atoms with Crippen molar-refractivity contribution in [1.82, 2.24) is 9.55 Å². The highest BCUT2D eigenvalue weighted by molar-refractivity contribution is 5.82. The van der Waals surface area contributed by atoms with E-state index in [1.165, 1.54) is 5.56 Å². The standard InChI is InChI=1S/C22H25N3O3/c1-15(13-21(26)27)25-11-8-17-14-19(6-7-20(17)25)28-12-9-18-5-4-16-3-2-10-23-22(16)24-18/h4-8,11,14-15H,2-3,9-10,12-13H2,1H3,(H,23,24)(H,26,27). The highest BCUT2D eigenvalue weighted by atomic mass is 16.5. The molecule has 6 nitrogen and oxygen atoms in total. The Morgan fingerprint density at radius 2 is 2.21 bits per heavy atom. The number of benzene rings is 1. The fourth-order valence-electron chi connectivity index (χ4n) is 3.75. The van der Waals surface area contributed by atoms with Crippen molar-refractivity contribution < 1.29 is 14.6 Å². The molecule has 28 heavy (non-hydrogen) atoms. The summed E-state index contributed by atoms with van der Waals surface area (Å²) in [7, 11) is 0. The van der Waals surface area contributed by atoms with E-state index in [0.717, 1.165) is 54.0 Å². The van der Waals surface area contributed by atoms with Crippen LogP contribution in [0.5, 0.6) is 5.75 Å². The molecular formula is C22H25N3O3. The van der Waals surface area contributed by atoms with E-state index in [9.17, 15) is 4.79 Å². The maximum absolute atomic E-state index is 11.0. The number of hydrogen-bond acceptors (Lipinski definition) is 4. The van der Waals surface area contributed by atoms with E-state index in [4.69, 9.17) is 14.8 Å². The Balaban J connectivity index is 1.39. The van der Waals surface area contributed by atoms with Gasteiger partial charge in [-0.05, 0) is 55.7 Å². The van der Waals surface area contributed by atoms with E-state index < -0.39 is 5.97 Å². The van der Waals surface area contributed by atoms with Crippen LogP contribution in [0.4, 0.5) is 5.82 Å². The number of carboxylic acid groups (broad SMARTS) is 1. The van der Waals surface area contributed by atoms with Crippen LogP contribution in [0, 0.1) is 0 Å². The number of fused-ring (bicyclic) bond motifs is 2. The summed E-state index contributed by atoms with van der Waals surface area (Å²) in [6.45, 7) is 3.47. The number of hydrogen-bond donors (Lipinski definition) is 2. The molecule has 1 aliphatic rings. The average Bonchev–Trinajstić information content (AvgIpc) is 3.11. The van der Waals surface area contributed by atoms with Crippen LogP contribution >= 0.6 is 0 Å². The van der Waals surface area contributed by atoms with Gasteiger partial charge in [-0.25, -0.2) is 4.98 Å². The van der Waals surface area contributed by atoms with Gasteiger partial charge in [-0.3, -0.25) is 4.79 Å². The summed E-state index contributed by atoms with van der Waals surface area (Å²) in [5.74, 6) is 1.04. The largest absolute Gasteiger partial charge is 0.493 e. The highest BCUT2D eigenvalue weighted by Crippen LogP contribution is 2.26. The van der Waals surface area contributed by atoms with Crippen LogP contribution in [0.2, 0.25) is 0 Å². The molecule has 146 valence electrons. The molecule has 1 aromatic carbocycles. The highest BCUT2D eigenvalue weighted by Gasteiger charge is 2.13. The minimum absolute atomic E-state index is 0.0922. The summed E-state index contributed by atoms with van der Waals surface area (Å²) in [4.78, 5) is 15.7. The first kappa shape index (κ1) is 18.3. The van der Waals surface area contributed by atoms with Gasteiger partial charge in [0.1, 0.15) is 11.6 Å². The number of carbonyl (C=O) groups is 1. The first-order valence-electron chi connectivity index (χ1n) is 9.78. The maximum atomic E-state index is 11.0. The molecule has 1 aliphatic heterocycles. The zero-order valence-electron chi connectivity index (χ0n) is 16.0. The molecule has 2 aromatic heterocycles. The topological polar surface area (TPSA) is 76.4 Å². The van der Waals surface area contributed by atoms with E-state index in [1.54, 1.807) is 0 Å². The van der Waals surface area contributed by atoms with Gasteiger partial charge >= 0.3 is 5.97 Å². The Bertz CT molecular complexity index is 996. The number of ether oxygens (including phenoxy) is 1. The first-order valence-corrected chi connectivity index (χ1v) is 9.78. The number of pyridine rings is 1. The second-order valence-electron chi connectivity index (χ2n) is 7.33. The predicted molar refractivity (Wildman–Crippen MR) is 109 cm³/mol. The molecule has 3 aromatic rings.